The van der Waals surface area contributed by atoms with Gasteiger partial charge in [0.15, 0.2) is 0 Å². The van der Waals surface area contributed by atoms with Crippen molar-refractivity contribution in [2.75, 3.05) is 0 Å². The van der Waals surface area contributed by atoms with E-state index in [-0.39, 0.29) is 22.0 Å². The molecule has 0 amide bonds. The number of alkyl halides is 2. The molecule has 2 aromatic carbocycles. The van der Waals surface area contributed by atoms with Crippen molar-refractivity contribution >= 4 is 5.57 Å². The summed E-state index contributed by atoms with van der Waals surface area (Å²) in [5.74, 6) is -3.08. The number of halogens is 2. The van der Waals surface area contributed by atoms with Gasteiger partial charge in [0.1, 0.15) is 0 Å². The second kappa shape index (κ2) is 5.79. The lowest BCUT2D eigenvalue weighted by molar-refractivity contribution is 0.0646. The summed E-state index contributed by atoms with van der Waals surface area (Å²) in [7, 11) is 0. The van der Waals surface area contributed by atoms with Gasteiger partial charge in [0.25, 0.3) is 5.92 Å². The minimum atomic E-state index is -3.08. The van der Waals surface area contributed by atoms with Crippen LogP contribution in [0.2, 0.25) is 0 Å². The molecule has 0 N–H and O–H groups in total. The fourth-order valence-corrected chi connectivity index (χ4v) is 3.78. The van der Waals surface area contributed by atoms with Crippen LogP contribution in [0, 0.1) is 0 Å². The zero-order chi connectivity index (χ0) is 18.5. The molecule has 1 aliphatic rings. The van der Waals surface area contributed by atoms with Gasteiger partial charge < -0.3 is 0 Å². The van der Waals surface area contributed by atoms with Crippen molar-refractivity contribution in [1.29, 1.82) is 0 Å². The molecule has 0 bridgehead atoms. The Kier molecular flexibility index (Phi) is 4.14. The molecule has 2 aromatic rings. The Morgan fingerprint density at radius 3 is 2.04 bits per heavy atom. The van der Waals surface area contributed by atoms with Gasteiger partial charge in [-0.15, -0.1) is 0 Å². The molecule has 25 heavy (non-hydrogen) atoms. The lowest BCUT2D eigenvalue weighted by Gasteiger charge is -2.42. The number of benzene rings is 2. The van der Waals surface area contributed by atoms with Crippen molar-refractivity contribution in [2.24, 2.45) is 0 Å². The van der Waals surface area contributed by atoms with Crippen LogP contribution in [-0.4, -0.2) is 0 Å². The molecule has 0 aromatic heterocycles. The number of hydrogen-bond donors (Lipinski definition) is 0. The third kappa shape index (κ3) is 3.03. The van der Waals surface area contributed by atoms with Crippen LogP contribution >= 0.6 is 0 Å². The Bertz CT molecular complexity index is 798. The molecule has 0 saturated carbocycles. The summed E-state index contributed by atoms with van der Waals surface area (Å²) in [6, 6.07) is 13.7. The summed E-state index contributed by atoms with van der Waals surface area (Å²) >= 11 is 0. The predicted molar refractivity (Wildman–Crippen MR) is 101 cm³/mol. The molecule has 0 unspecified atom stereocenters. The molecule has 2 heteroatoms. The minimum Gasteiger partial charge on any atom is -0.196 e. The Labute approximate surface area is 149 Å². The maximum atomic E-state index is 14.9. The van der Waals surface area contributed by atoms with E-state index in [1.807, 2.05) is 12.1 Å². The molecule has 0 radical (unpaired) electrons. The van der Waals surface area contributed by atoms with E-state index in [1.165, 1.54) is 23.3 Å². The first kappa shape index (κ1) is 17.8. The van der Waals surface area contributed by atoms with E-state index in [0.717, 1.165) is 12.8 Å². The van der Waals surface area contributed by atoms with Crippen LogP contribution in [-0.2, 0) is 16.8 Å². The van der Waals surface area contributed by atoms with Gasteiger partial charge in [-0.25, -0.2) is 0 Å². The zero-order valence-electron chi connectivity index (χ0n) is 15.5. The van der Waals surface area contributed by atoms with Crippen LogP contribution in [0.15, 0.2) is 55.1 Å². The fourth-order valence-electron chi connectivity index (χ4n) is 3.78. The van der Waals surface area contributed by atoms with Gasteiger partial charge in [-0.3, -0.25) is 0 Å². The normalized spacial score (nSPS) is 18.5. The van der Waals surface area contributed by atoms with Crippen molar-refractivity contribution in [2.45, 2.75) is 57.3 Å². The first-order chi connectivity index (χ1) is 11.6. The molecule has 0 saturated heterocycles. The summed E-state index contributed by atoms with van der Waals surface area (Å²) in [6.07, 6.45) is 2.16. The Balaban J connectivity index is 2.06. The van der Waals surface area contributed by atoms with Gasteiger partial charge in [0.2, 0.25) is 0 Å². The maximum absolute atomic E-state index is 14.9. The van der Waals surface area contributed by atoms with Crippen LogP contribution in [0.25, 0.3) is 5.57 Å². The van der Waals surface area contributed by atoms with Gasteiger partial charge in [0, 0.05) is 11.1 Å². The monoisotopic (exact) mass is 340 g/mol. The SMILES string of the molecule is C=C(c1ccc2c(c1)C(C)(C)CCC2(C)C)C(F)(F)c1ccccc1. The first-order valence-electron chi connectivity index (χ1n) is 8.84. The molecule has 0 heterocycles. The summed E-state index contributed by atoms with van der Waals surface area (Å²) in [4.78, 5) is 0. The zero-order valence-corrected chi connectivity index (χ0v) is 15.5. The van der Waals surface area contributed by atoms with Crippen LogP contribution in [0.3, 0.4) is 0 Å². The van der Waals surface area contributed by atoms with Crippen molar-refractivity contribution < 1.29 is 8.78 Å². The predicted octanol–water partition coefficient (Wildman–Crippen LogP) is 6.84. The number of rotatable bonds is 3. The molecule has 3 rings (SSSR count). The highest BCUT2D eigenvalue weighted by Crippen LogP contribution is 2.48. The molecule has 0 aliphatic heterocycles. The van der Waals surface area contributed by atoms with E-state index in [1.54, 1.807) is 24.3 Å². The molecule has 0 nitrogen and oxygen atoms in total. The largest absolute Gasteiger partial charge is 0.298 e. The van der Waals surface area contributed by atoms with Crippen LogP contribution < -0.4 is 0 Å². The first-order valence-corrected chi connectivity index (χ1v) is 8.84. The van der Waals surface area contributed by atoms with Crippen molar-refractivity contribution in [3.05, 3.63) is 77.4 Å². The molecule has 0 atom stereocenters. The standard InChI is InChI=1S/C23H26F2/c1-16(23(24,25)18-9-7-6-8-10-18)17-11-12-19-20(15-17)22(4,5)14-13-21(19,2)3/h6-12,15H,1,13-14H2,2-5H3. The lowest BCUT2D eigenvalue weighted by Crippen LogP contribution is -2.34. The van der Waals surface area contributed by atoms with Crippen molar-refractivity contribution in [1.82, 2.24) is 0 Å². The molecule has 0 fully saturated rings. The fraction of sp³-hybridized carbons (Fsp3) is 0.391. The van der Waals surface area contributed by atoms with Crippen LogP contribution in [0.4, 0.5) is 8.78 Å². The summed E-state index contributed by atoms with van der Waals surface area (Å²) in [5, 5.41) is 0. The maximum Gasteiger partial charge on any atom is 0.298 e. The minimum absolute atomic E-state index is 0.0107. The van der Waals surface area contributed by atoms with Crippen molar-refractivity contribution in [3.63, 3.8) is 0 Å². The van der Waals surface area contributed by atoms with Crippen molar-refractivity contribution in [3.8, 4) is 0 Å². The van der Waals surface area contributed by atoms with Gasteiger partial charge >= 0.3 is 0 Å². The second-order valence-electron chi connectivity index (χ2n) is 8.45. The van der Waals surface area contributed by atoms with Crippen LogP contribution in [0.5, 0.6) is 0 Å². The molecule has 132 valence electrons. The third-order valence-corrected chi connectivity index (χ3v) is 5.72. The number of fused-ring (bicyclic) bond motifs is 1. The topological polar surface area (TPSA) is 0 Å². The smallest absolute Gasteiger partial charge is 0.196 e. The molecule has 0 spiro atoms. The average Bonchev–Trinajstić information content (AvgIpc) is 2.59. The second-order valence-corrected chi connectivity index (χ2v) is 8.45. The highest BCUT2D eigenvalue weighted by atomic mass is 19.3. The van der Waals surface area contributed by atoms with E-state index in [2.05, 4.69) is 34.3 Å². The van der Waals surface area contributed by atoms with E-state index in [9.17, 15) is 8.78 Å². The van der Waals surface area contributed by atoms with E-state index in [4.69, 9.17) is 0 Å². The lowest BCUT2D eigenvalue weighted by atomic mass is 9.63. The quantitative estimate of drug-likeness (QED) is 0.574. The van der Waals surface area contributed by atoms with Gasteiger partial charge in [-0.2, -0.15) is 8.78 Å². The Morgan fingerprint density at radius 2 is 1.44 bits per heavy atom. The summed E-state index contributed by atoms with van der Waals surface area (Å²) in [6.45, 7) is 12.6. The highest BCUT2D eigenvalue weighted by molar-refractivity contribution is 5.72. The van der Waals surface area contributed by atoms with Gasteiger partial charge in [0.05, 0.1) is 0 Å². The van der Waals surface area contributed by atoms with E-state index >= 15 is 0 Å². The van der Waals surface area contributed by atoms with E-state index in [0.29, 0.717) is 5.56 Å². The molecule has 1 aliphatic carbocycles. The molecular formula is C23H26F2. The van der Waals surface area contributed by atoms with Gasteiger partial charge in [-0.05, 0) is 40.4 Å². The molecular weight excluding hydrogens is 314 g/mol. The third-order valence-electron chi connectivity index (χ3n) is 5.72. The average molecular weight is 340 g/mol. The Morgan fingerprint density at radius 1 is 0.880 bits per heavy atom. The van der Waals surface area contributed by atoms with Crippen LogP contribution in [0.1, 0.15) is 62.8 Å². The summed E-state index contributed by atoms with van der Waals surface area (Å²) < 4.78 is 29.8. The number of allylic oxidation sites excluding steroid dienone is 1. The number of hydrogen-bond acceptors (Lipinski definition) is 0. The van der Waals surface area contributed by atoms with Gasteiger partial charge in [-0.1, -0.05) is 82.8 Å². The Hall–Kier alpha value is -1.96. The highest BCUT2D eigenvalue weighted by Gasteiger charge is 2.39. The van der Waals surface area contributed by atoms with E-state index < -0.39 is 5.92 Å². The summed E-state index contributed by atoms with van der Waals surface area (Å²) in [5.41, 5.74) is 2.88.